The fourth-order valence-corrected chi connectivity index (χ4v) is 3.05. The Bertz CT molecular complexity index is 454. The largest absolute Gasteiger partial charge is 0.417 e. The van der Waals surface area contributed by atoms with Crippen LogP contribution in [0.2, 0.25) is 0 Å². The number of aldehydes is 1. The second kappa shape index (κ2) is 5.96. The number of halogens is 3. The lowest BCUT2D eigenvalue weighted by molar-refractivity contribution is -0.139. The van der Waals surface area contributed by atoms with Crippen LogP contribution in [0.4, 0.5) is 13.2 Å². The molecule has 0 spiro atoms. The number of hydrogen-bond donors (Lipinski definition) is 0. The Hall–Kier alpha value is -1.01. The molecule has 1 aliphatic heterocycles. The minimum atomic E-state index is -4.45. The molecule has 2 nitrogen and oxygen atoms in total. The number of thioether (sulfide) groups is 1. The number of ether oxygens (including phenoxy) is 1. The van der Waals surface area contributed by atoms with Crippen molar-refractivity contribution in [1.82, 2.24) is 0 Å². The van der Waals surface area contributed by atoms with Crippen LogP contribution in [0.1, 0.15) is 28.8 Å². The number of alkyl halides is 3. The highest BCUT2D eigenvalue weighted by Gasteiger charge is 2.34. The van der Waals surface area contributed by atoms with E-state index >= 15 is 0 Å². The van der Waals surface area contributed by atoms with E-state index in [0.717, 1.165) is 30.7 Å². The maximum absolute atomic E-state index is 12.9. The second-order valence-corrected chi connectivity index (χ2v) is 5.38. The van der Waals surface area contributed by atoms with Crippen LogP contribution < -0.4 is 0 Å². The molecule has 0 N–H and O–H groups in total. The molecule has 1 heterocycles. The van der Waals surface area contributed by atoms with Crippen LogP contribution in [0, 0.1) is 0 Å². The summed E-state index contributed by atoms with van der Waals surface area (Å²) in [6.45, 7) is 0.682. The Morgan fingerprint density at radius 2 is 2.21 bits per heavy atom. The van der Waals surface area contributed by atoms with Gasteiger partial charge in [0.2, 0.25) is 0 Å². The van der Waals surface area contributed by atoms with Gasteiger partial charge in [0.05, 0.1) is 11.7 Å². The van der Waals surface area contributed by atoms with Crippen LogP contribution in [0.15, 0.2) is 23.1 Å². The summed E-state index contributed by atoms with van der Waals surface area (Å²) >= 11 is 1.13. The summed E-state index contributed by atoms with van der Waals surface area (Å²) in [4.78, 5) is 10.7. The van der Waals surface area contributed by atoms with Crippen molar-refractivity contribution in [2.24, 2.45) is 0 Å². The van der Waals surface area contributed by atoms with Gasteiger partial charge in [0.1, 0.15) is 6.29 Å². The summed E-state index contributed by atoms with van der Waals surface area (Å²) in [5.74, 6) is 0.503. The fourth-order valence-electron chi connectivity index (χ4n) is 1.93. The lowest BCUT2D eigenvalue weighted by Crippen LogP contribution is -2.11. The van der Waals surface area contributed by atoms with E-state index in [2.05, 4.69) is 0 Å². The highest BCUT2D eigenvalue weighted by molar-refractivity contribution is 7.99. The highest BCUT2D eigenvalue weighted by atomic mass is 32.2. The molecule has 6 heteroatoms. The third-order valence-corrected chi connectivity index (χ3v) is 4.10. The van der Waals surface area contributed by atoms with E-state index in [-0.39, 0.29) is 16.6 Å². The van der Waals surface area contributed by atoms with E-state index in [9.17, 15) is 18.0 Å². The lowest BCUT2D eigenvalue weighted by atomic mass is 10.1. The summed E-state index contributed by atoms with van der Waals surface area (Å²) in [5.41, 5.74) is -0.714. The standard InChI is InChI=1S/C13H13F3O2S/c14-13(15,16)11-6-9(7-17)3-4-12(11)19-8-10-2-1-5-18-10/h3-4,6-7,10H,1-2,5,8H2. The minimum Gasteiger partial charge on any atom is -0.377 e. The SMILES string of the molecule is O=Cc1ccc(SCC2CCCO2)c(C(F)(F)F)c1. The van der Waals surface area contributed by atoms with E-state index in [1.165, 1.54) is 12.1 Å². The number of carbonyl (C=O) groups is 1. The van der Waals surface area contributed by atoms with Gasteiger partial charge in [-0.15, -0.1) is 11.8 Å². The summed E-state index contributed by atoms with van der Waals surface area (Å²) < 4.78 is 44.1. The van der Waals surface area contributed by atoms with Crippen LogP contribution in [0.5, 0.6) is 0 Å². The van der Waals surface area contributed by atoms with Crippen LogP contribution in [0.3, 0.4) is 0 Å². The zero-order valence-corrected chi connectivity index (χ0v) is 10.9. The van der Waals surface area contributed by atoms with E-state index in [4.69, 9.17) is 4.74 Å². The monoisotopic (exact) mass is 290 g/mol. The molecule has 1 aromatic rings. The smallest absolute Gasteiger partial charge is 0.377 e. The number of hydrogen-bond acceptors (Lipinski definition) is 3. The first-order chi connectivity index (χ1) is 9.00. The zero-order chi connectivity index (χ0) is 13.9. The first-order valence-corrected chi connectivity index (χ1v) is 6.90. The molecule has 1 aliphatic rings. The molecule has 0 saturated carbocycles. The van der Waals surface area contributed by atoms with Gasteiger partial charge in [0.25, 0.3) is 0 Å². The Labute approximate surface area is 113 Å². The molecule has 0 radical (unpaired) electrons. The zero-order valence-electron chi connectivity index (χ0n) is 10.1. The molecule has 19 heavy (non-hydrogen) atoms. The molecule has 0 bridgehead atoms. The van der Waals surface area contributed by atoms with Crippen molar-refractivity contribution >= 4 is 18.0 Å². The van der Waals surface area contributed by atoms with Crippen LogP contribution >= 0.6 is 11.8 Å². The van der Waals surface area contributed by atoms with E-state index in [1.54, 1.807) is 0 Å². The summed E-state index contributed by atoms with van der Waals surface area (Å²) in [6, 6.07) is 3.65. The van der Waals surface area contributed by atoms with Gasteiger partial charge in [0, 0.05) is 22.8 Å². The molecule has 0 amide bonds. The van der Waals surface area contributed by atoms with Gasteiger partial charge in [-0.25, -0.2) is 0 Å². The minimum absolute atomic E-state index is 0.0248. The van der Waals surface area contributed by atoms with E-state index < -0.39 is 11.7 Å². The topological polar surface area (TPSA) is 26.3 Å². The third-order valence-electron chi connectivity index (χ3n) is 2.89. The maximum Gasteiger partial charge on any atom is 0.417 e. The van der Waals surface area contributed by atoms with Crippen molar-refractivity contribution in [3.05, 3.63) is 29.3 Å². The van der Waals surface area contributed by atoms with Crippen molar-refractivity contribution in [2.45, 2.75) is 30.0 Å². The van der Waals surface area contributed by atoms with Gasteiger partial charge in [-0.2, -0.15) is 13.2 Å². The third kappa shape index (κ3) is 3.73. The molecule has 2 rings (SSSR count). The molecular formula is C13H13F3O2S. The predicted octanol–water partition coefficient (Wildman–Crippen LogP) is 3.79. The van der Waals surface area contributed by atoms with Gasteiger partial charge in [-0.1, -0.05) is 6.07 Å². The Kier molecular flexibility index (Phi) is 4.52. The Balaban J connectivity index is 2.15. The molecule has 0 aromatic heterocycles. The van der Waals surface area contributed by atoms with Crippen molar-refractivity contribution in [3.8, 4) is 0 Å². The van der Waals surface area contributed by atoms with Crippen molar-refractivity contribution in [1.29, 1.82) is 0 Å². The number of carbonyl (C=O) groups excluding carboxylic acids is 1. The van der Waals surface area contributed by atoms with Crippen molar-refractivity contribution < 1.29 is 22.7 Å². The molecule has 104 valence electrons. The lowest BCUT2D eigenvalue weighted by Gasteiger charge is -2.14. The summed E-state index contributed by atoms with van der Waals surface area (Å²) in [6.07, 6.45) is -2.15. The number of rotatable bonds is 4. The Morgan fingerprint density at radius 3 is 2.79 bits per heavy atom. The van der Waals surface area contributed by atoms with Crippen LogP contribution in [-0.4, -0.2) is 24.7 Å². The van der Waals surface area contributed by atoms with Crippen LogP contribution in [-0.2, 0) is 10.9 Å². The van der Waals surface area contributed by atoms with Gasteiger partial charge in [0.15, 0.2) is 0 Å². The highest BCUT2D eigenvalue weighted by Crippen LogP contribution is 2.37. The fraction of sp³-hybridized carbons (Fsp3) is 0.462. The van der Waals surface area contributed by atoms with Crippen LogP contribution in [0.25, 0.3) is 0 Å². The van der Waals surface area contributed by atoms with Crippen molar-refractivity contribution in [3.63, 3.8) is 0 Å². The van der Waals surface area contributed by atoms with Gasteiger partial charge >= 0.3 is 6.18 Å². The maximum atomic E-state index is 12.9. The molecule has 1 unspecified atom stereocenters. The second-order valence-electron chi connectivity index (χ2n) is 4.32. The average molecular weight is 290 g/mol. The quantitative estimate of drug-likeness (QED) is 0.623. The molecule has 1 saturated heterocycles. The molecule has 1 atom stereocenters. The molecule has 1 fully saturated rings. The van der Waals surface area contributed by atoms with E-state index in [0.29, 0.717) is 18.6 Å². The summed E-state index contributed by atoms with van der Waals surface area (Å²) in [7, 11) is 0. The van der Waals surface area contributed by atoms with Gasteiger partial charge < -0.3 is 4.74 Å². The number of benzene rings is 1. The van der Waals surface area contributed by atoms with Crippen molar-refractivity contribution in [2.75, 3.05) is 12.4 Å². The first kappa shape index (κ1) is 14.4. The van der Waals surface area contributed by atoms with E-state index in [1.807, 2.05) is 0 Å². The first-order valence-electron chi connectivity index (χ1n) is 5.91. The Morgan fingerprint density at radius 1 is 1.42 bits per heavy atom. The summed E-state index contributed by atoms with van der Waals surface area (Å²) in [5, 5.41) is 0. The van der Waals surface area contributed by atoms with Gasteiger partial charge in [-0.3, -0.25) is 4.79 Å². The normalized spacial score (nSPS) is 19.6. The predicted molar refractivity (Wildman–Crippen MR) is 66.5 cm³/mol. The molecule has 1 aromatic carbocycles. The molecular weight excluding hydrogens is 277 g/mol. The molecule has 0 aliphatic carbocycles. The average Bonchev–Trinajstić information content (AvgIpc) is 2.88. The van der Waals surface area contributed by atoms with Gasteiger partial charge in [-0.05, 0) is 25.0 Å².